The standard InChI is InChI=1S/C12H15ClO6/c13-6-1-3-7(4-2-6)18-12-11(17)10(16)9(15)8(5-14)19-12/h1-4,8-12,14-17H,5H2/t8?,9-,10+,11-,12+/m1/s1. The molecule has 1 unspecified atom stereocenters. The first-order valence-electron chi connectivity index (χ1n) is 5.75. The van der Waals surface area contributed by atoms with Crippen LogP contribution in [0.3, 0.4) is 0 Å². The molecule has 4 N–H and O–H groups in total. The Bertz CT molecular complexity index is 409. The highest BCUT2D eigenvalue weighted by molar-refractivity contribution is 6.30. The van der Waals surface area contributed by atoms with Crippen LogP contribution in [0.1, 0.15) is 0 Å². The second-order valence-corrected chi connectivity index (χ2v) is 4.71. The molecule has 1 aliphatic rings. The molecule has 106 valence electrons. The zero-order valence-corrected chi connectivity index (χ0v) is 10.6. The number of aliphatic hydroxyl groups excluding tert-OH is 4. The number of hydrogen-bond donors (Lipinski definition) is 4. The maximum absolute atomic E-state index is 9.77. The van der Waals surface area contributed by atoms with E-state index >= 15 is 0 Å². The van der Waals surface area contributed by atoms with Gasteiger partial charge in [-0.1, -0.05) is 11.6 Å². The Morgan fingerprint density at radius 3 is 2.26 bits per heavy atom. The van der Waals surface area contributed by atoms with E-state index in [-0.39, 0.29) is 0 Å². The molecule has 0 aromatic heterocycles. The molecule has 0 amide bonds. The summed E-state index contributed by atoms with van der Waals surface area (Å²) in [7, 11) is 0. The van der Waals surface area contributed by atoms with Crippen LogP contribution in [-0.4, -0.2) is 57.7 Å². The minimum absolute atomic E-state index is 0.383. The zero-order chi connectivity index (χ0) is 14.0. The number of aliphatic hydroxyl groups is 4. The van der Waals surface area contributed by atoms with Crippen LogP contribution in [0.25, 0.3) is 0 Å². The minimum atomic E-state index is -1.46. The summed E-state index contributed by atoms with van der Waals surface area (Å²) in [5, 5.41) is 38.5. The van der Waals surface area contributed by atoms with Crippen molar-refractivity contribution in [1.29, 1.82) is 0 Å². The van der Waals surface area contributed by atoms with E-state index in [1.807, 2.05) is 0 Å². The van der Waals surface area contributed by atoms with Gasteiger partial charge in [0.15, 0.2) is 0 Å². The van der Waals surface area contributed by atoms with Gasteiger partial charge < -0.3 is 29.9 Å². The van der Waals surface area contributed by atoms with E-state index in [9.17, 15) is 15.3 Å². The Morgan fingerprint density at radius 2 is 1.68 bits per heavy atom. The maximum atomic E-state index is 9.77. The Kier molecular flexibility index (Phi) is 4.62. The molecule has 0 bridgehead atoms. The van der Waals surface area contributed by atoms with Crippen LogP contribution >= 0.6 is 11.6 Å². The molecule has 1 saturated heterocycles. The van der Waals surface area contributed by atoms with Gasteiger partial charge in [-0.2, -0.15) is 0 Å². The lowest BCUT2D eigenvalue weighted by Crippen LogP contribution is -2.60. The maximum Gasteiger partial charge on any atom is 0.229 e. The van der Waals surface area contributed by atoms with Crippen LogP contribution in [-0.2, 0) is 4.74 Å². The molecule has 1 heterocycles. The molecule has 0 saturated carbocycles. The van der Waals surface area contributed by atoms with Crippen molar-refractivity contribution in [3.63, 3.8) is 0 Å². The minimum Gasteiger partial charge on any atom is -0.462 e. The first-order valence-corrected chi connectivity index (χ1v) is 6.13. The van der Waals surface area contributed by atoms with Crippen molar-refractivity contribution < 1.29 is 29.9 Å². The second kappa shape index (κ2) is 6.04. The van der Waals surface area contributed by atoms with Crippen LogP contribution < -0.4 is 4.74 Å². The molecule has 19 heavy (non-hydrogen) atoms. The molecular weight excluding hydrogens is 276 g/mol. The van der Waals surface area contributed by atoms with E-state index in [1.54, 1.807) is 24.3 Å². The first-order chi connectivity index (χ1) is 9.02. The summed E-state index contributed by atoms with van der Waals surface area (Å²) in [6, 6.07) is 6.34. The normalized spacial score (nSPS) is 35.1. The number of hydrogen-bond acceptors (Lipinski definition) is 6. The molecule has 1 aliphatic heterocycles. The quantitative estimate of drug-likeness (QED) is 0.600. The second-order valence-electron chi connectivity index (χ2n) is 4.27. The monoisotopic (exact) mass is 290 g/mol. The van der Waals surface area contributed by atoms with Crippen molar-refractivity contribution in [2.24, 2.45) is 0 Å². The van der Waals surface area contributed by atoms with Crippen molar-refractivity contribution in [3.8, 4) is 5.75 Å². The number of halogens is 1. The molecule has 1 aromatic rings. The third kappa shape index (κ3) is 3.17. The molecule has 2 rings (SSSR count). The average Bonchev–Trinajstić information content (AvgIpc) is 2.42. The third-order valence-corrected chi connectivity index (χ3v) is 3.17. The Hall–Kier alpha value is -0.890. The van der Waals surface area contributed by atoms with Gasteiger partial charge >= 0.3 is 0 Å². The summed E-state index contributed by atoms with van der Waals surface area (Å²) >= 11 is 5.73. The SMILES string of the molecule is OCC1O[C@H](Oc2ccc(Cl)cc2)[C@H](O)[C@@H](O)[C@@H]1O. The van der Waals surface area contributed by atoms with Crippen LogP contribution in [0.15, 0.2) is 24.3 Å². The molecule has 0 radical (unpaired) electrons. The van der Waals surface area contributed by atoms with E-state index in [0.29, 0.717) is 10.8 Å². The molecule has 1 aromatic carbocycles. The highest BCUT2D eigenvalue weighted by atomic mass is 35.5. The summed E-state index contributed by atoms with van der Waals surface area (Å²) in [4.78, 5) is 0. The van der Waals surface area contributed by atoms with Gasteiger partial charge in [0.25, 0.3) is 0 Å². The summed E-state index contributed by atoms with van der Waals surface area (Å²) < 4.78 is 10.6. The fourth-order valence-electron chi connectivity index (χ4n) is 1.81. The number of ether oxygens (including phenoxy) is 2. The van der Waals surface area contributed by atoms with Crippen LogP contribution in [0.5, 0.6) is 5.75 Å². The topological polar surface area (TPSA) is 99.4 Å². The molecule has 5 atom stereocenters. The van der Waals surface area contributed by atoms with E-state index in [2.05, 4.69) is 0 Å². The third-order valence-electron chi connectivity index (χ3n) is 2.91. The highest BCUT2D eigenvalue weighted by Gasteiger charge is 2.44. The van der Waals surface area contributed by atoms with Crippen molar-refractivity contribution >= 4 is 11.6 Å². The van der Waals surface area contributed by atoms with Crippen LogP contribution in [0.4, 0.5) is 0 Å². The van der Waals surface area contributed by atoms with Gasteiger partial charge in [-0.25, -0.2) is 0 Å². The summed E-state index contributed by atoms with van der Waals surface area (Å²) in [6.07, 6.45) is -6.45. The molecule has 1 fully saturated rings. The summed E-state index contributed by atoms with van der Waals surface area (Å²) in [5.41, 5.74) is 0. The Labute approximate surface area is 114 Å². The molecule has 0 aliphatic carbocycles. The Balaban J connectivity index is 2.08. The summed E-state index contributed by atoms with van der Waals surface area (Å²) in [5.74, 6) is 0.383. The van der Waals surface area contributed by atoms with Gasteiger partial charge in [-0.05, 0) is 24.3 Å². The van der Waals surface area contributed by atoms with Crippen LogP contribution in [0, 0.1) is 0 Å². The van der Waals surface area contributed by atoms with E-state index in [1.165, 1.54) is 0 Å². The Morgan fingerprint density at radius 1 is 1.05 bits per heavy atom. The van der Waals surface area contributed by atoms with Gasteiger partial charge in [0.05, 0.1) is 6.61 Å². The van der Waals surface area contributed by atoms with Gasteiger partial charge in [0, 0.05) is 5.02 Å². The van der Waals surface area contributed by atoms with Crippen molar-refractivity contribution in [3.05, 3.63) is 29.3 Å². The lowest BCUT2D eigenvalue weighted by Gasteiger charge is -2.39. The molecule has 7 heteroatoms. The number of benzene rings is 1. The van der Waals surface area contributed by atoms with Crippen LogP contribution in [0.2, 0.25) is 5.02 Å². The number of rotatable bonds is 3. The first kappa shape index (κ1) is 14.5. The lowest BCUT2D eigenvalue weighted by atomic mass is 9.99. The van der Waals surface area contributed by atoms with E-state index in [0.717, 1.165) is 0 Å². The van der Waals surface area contributed by atoms with Gasteiger partial charge in [-0.3, -0.25) is 0 Å². The van der Waals surface area contributed by atoms with Gasteiger partial charge in [0.2, 0.25) is 6.29 Å². The predicted molar refractivity (Wildman–Crippen MR) is 65.8 cm³/mol. The van der Waals surface area contributed by atoms with Crippen molar-refractivity contribution in [1.82, 2.24) is 0 Å². The van der Waals surface area contributed by atoms with Crippen molar-refractivity contribution in [2.75, 3.05) is 6.61 Å². The predicted octanol–water partition coefficient (Wildman–Crippen LogP) is -0.481. The smallest absolute Gasteiger partial charge is 0.229 e. The summed E-state index contributed by atoms with van der Waals surface area (Å²) in [6.45, 7) is -0.495. The fourth-order valence-corrected chi connectivity index (χ4v) is 1.94. The lowest BCUT2D eigenvalue weighted by molar-refractivity contribution is -0.277. The molecule has 0 spiro atoms. The van der Waals surface area contributed by atoms with E-state index in [4.69, 9.17) is 26.2 Å². The van der Waals surface area contributed by atoms with Gasteiger partial charge in [-0.15, -0.1) is 0 Å². The largest absolute Gasteiger partial charge is 0.462 e. The van der Waals surface area contributed by atoms with E-state index < -0.39 is 37.3 Å². The fraction of sp³-hybridized carbons (Fsp3) is 0.500. The average molecular weight is 291 g/mol. The van der Waals surface area contributed by atoms with Gasteiger partial charge in [0.1, 0.15) is 30.2 Å². The zero-order valence-electron chi connectivity index (χ0n) is 9.89. The molecule has 6 nitrogen and oxygen atoms in total. The highest BCUT2D eigenvalue weighted by Crippen LogP contribution is 2.24. The van der Waals surface area contributed by atoms with Crippen molar-refractivity contribution in [2.45, 2.75) is 30.7 Å². The molecular formula is C12H15ClO6.